The van der Waals surface area contributed by atoms with Gasteiger partial charge in [0.15, 0.2) is 12.1 Å². The van der Waals surface area contributed by atoms with Crippen LogP contribution in [0, 0.1) is 0 Å². The number of aliphatic hydroxyl groups is 1. The quantitative estimate of drug-likeness (QED) is 0.796. The molecule has 2 saturated heterocycles. The number of fused-ring (bicyclic) bond motifs is 1. The topological polar surface area (TPSA) is 47.9 Å². The summed E-state index contributed by atoms with van der Waals surface area (Å²) in [6.45, 7) is 17.1. The molecule has 118 valence electrons. The SMILES string of the molecule is CC1(C)O[C@H]2O[C@H](C[Si](C)(C)C(C)(C)C)[C@](C)(O)[C@H]2O1. The van der Waals surface area contributed by atoms with Gasteiger partial charge in [-0.1, -0.05) is 33.9 Å². The summed E-state index contributed by atoms with van der Waals surface area (Å²) < 4.78 is 17.6. The van der Waals surface area contributed by atoms with Crippen molar-refractivity contribution in [2.75, 3.05) is 0 Å². The Balaban J connectivity index is 2.14. The van der Waals surface area contributed by atoms with Crippen molar-refractivity contribution in [3.8, 4) is 0 Å². The highest BCUT2D eigenvalue weighted by Crippen LogP contribution is 2.48. The van der Waals surface area contributed by atoms with Crippen LogP contribution in [0.2, 0.25) is 24.2 Å². The van der Waals surface area contributed by atoms with E-state index in [-0.39, 0.29) is 11.1 Å². The van der Waals surface area contributed by atoms with Crippen LogP contribution in [-0.4, -0.2) is 43.1 Å². The van der Waals surface area contributed by atoms with Gasteiger partial charge in [-0.05, 0) is 31.9 Å². The van der Waals surface area contributed by atoms with Crippen LogP contribution in [0.25, 0.3) is 0 Å². The molecular formula is C15H30O4Si. The van der Waals surface area contributed by atoms with Crippen LogP contribution in [0.4, 0.5) is 0 Å². The highest BCUT2D eigenvalue weighted by molar-refractivity contribution is 6.80. The Morgan fingerprint density at radius 2 is 1.65 bits per heavy atom. The molecular weight excluding hydrogens is 272 g/mol. The molecule has 5 heteroatoms. The van der Waals surface area contributed by atoms with Crippen molar-refractivity contribution in [3.63, 3.8) is 0 Å². The monoisotopic (exact) mass is 302 g/mol. The fourth-order valence-corrected chi connectivity index (χ4v) is 4.78. The van der Waals surface area contributed by atoms with E-state index in [0.717, 1.165) is 6.04 Å². The van der Waals surface area contributed by atoms with E-state index in [1.807, 2.05) is 20.8 Å². The molecule has 2 fully saturated rings. The lowest BCUT2D eigenvalue weighted by molar-refractivity contribution is -0.224. The van der Waals surface area contributed by atoms with Crippen LogP contribution < -0.4 is 0 Å². The molecule has 2 rings (SSSR count). The lowest BCUT2D eigenvalue weighted by Crippen LogP contribution is -2.50. The summed E-state index contributed by atoms with van der Waals surface area (Å²) in [5.74, 6) is -0.679. The smallest absolute Gasteiger partial charge is 0.190 e. The third-order valence-corrected chi connectivity index (χ3v) is 10.8. The lowest BCUT2D eigenvalue weighted by atomic mass is 9.96. The summed E-state index contributed by atoms with van der Waals surface area (Å²) in [4.78, 5) is 0. The van der Waals surface area contributed by atoms with Gasteiger partial charge >= 0.3 is 0 Å². The van der Waals surface area contributed by atoms with E-state index in [0.29, 0.717) is 0 Å². The van der Waals surface area contributed by atoms with Crippen molar-refractivity contribution in [1.82, 2.24) is 0 Å². The lowest BCUT2D eigenvalue weighted by Gasteiger charge is -2.41. The number of hydrogen-bond acceptors (Lipinski definition) is 4. The Morgan fingerprint density at radius 3 is 2.10 bits per heavy atom. The zero-order valence-electron chi connectivity index (χ0n) is 14.1. The molecule has 0 bridgehead atoms. The van der Waals surface area contributed by atoms with Gasteiger partial charge in [0.05, 0.1) is 14.2 Å². The van der Waals surface area contributed by atoms with Crippen molar-refractivity contribution in [2.24, 2.45) is 0 Å². The molecule has 2 heterocycles. The van der Waals surface area contributed by atoms with Gasteiger partial charge in [-0.3, -0.25) is 0 Å². The van der Waals surface area contributed by atoms with E-state index in [4.69, 9.17) is 14.2 Å². The van der Waals surface area contributed by atoms with Crippen LogP contribution in [0.5, 0.6) is 0 Å². The van der Waals surface area contributed by atoms with Crippen molar-refractivity contribution in [2.45, 2.75) is 95.6 Å². The Kier molecular flexibility index (Phi) is 3.72. The summed E-state index contributed by atoms with van der Waals surface area (Å²) in [6, 6.07) is 0.906. The van der Waals surface area contributed by atoms with Crippen LogP contribution in [0.1, 0.15) is 41.5 Å². The molecule has 0 aromatic heterocycles. The Labute approximate surface area is 123 Å². The second-order valence-electron chi connectivity index (χ2n) is 8.61. The molecule has 2 aliphatic heterocycles. The van der Waals surface area contributed by atoms with Gasteiger partial charge in [-0.15, -0.1) is 0 Å². The molecule has 0 aromatic rings. The first-order valence-corrected chi connectivity index (χ1v) is 10.7. The zero-order chi connectivity index (χ0) is 15.6. The van der Waals surface area contributed by atoms with E-state index in [9.17, 15) is 5.11 Å². The molecule has 0 amide bonds. The molecule has 0 radical (unpaired) electrons. The molecule has 4 nitrogen and oxygen atoms in total. The van der Waals surface area contributed by atoms with E-state index in [1.165, 1.54) is 0 Å². The van der Waals surface area contributed by atoms with E-state index in [2.05, 4.69) is 33.9 Å². The molecule has 2 aliphatic rings. The van der Waals surface area contributed by atoms with Crippen molar-refractivity contribution < 1.29 is 19.3 Å². The predicted octanol–water partition coefficient (Wildman–Crippen LogP) is 3.12. The first-order valence-electron chi connectivity index (χ1n) is 7.50. The van der Waals surface area contributed by atoms with Gasteiger partial charge in [0.1, 0.15) is 11.7 Å². The third kappa shape index (κ3) is 2.71. The average Bonchev–Trinajstić information content (AvgIpc) is 2.60. The first kappa shape index (κ1) is 16.4. The molecule has 0 spiro atoms. The van der Waals surface area contributed by atoms with E-state index in [1.54, 1.807) is 0 Å². The number of hydrogen-bond donors (Lipinski definition) is 1. The van der Waals surface area contributed by atoms with Gasteiger partial charge in [0, 0.05) is 0 Å². The largest absolute Gasteiger partial charge is 0.385 e. The Hall–Kier alpha value is 0.0569. The maximum atomic E-state index is 10.9. The van der Waals surface area contributed by atoms with Crippen LogP contribution in [0.15, 0.2) is 0 Å². The maximum Gasteiger partial charge on any atom is 0.190 e. The minimum absolute atomic E-state index is 0.213. The fourth-order valence-electron chi connectivity index (χ4n) is 2.73. The third-order valence-electron chi connectivity index (χ3n) is 5.31. The molecule has 0 aromatic carbocycles. The molecule has 1 N–H and O–H groups in total. The van der Waals surface area contributed by atoms with Gasteiger partial charge in [0.25, 0.3) is 0 Å². The van der Waals surface area contributed by atoms with Gasteiger partial charge in [-0.25, -0.2) is 0 Å². The van der Waals surface area contributed by atoms with Crippen LogP contribution in [0.3, 0.4) is 0 Å². The number of ether oxygens (including phenoxy) is 3. The molecule has 0 unspecified atom stereocenters. The summed E-state index contributed by atoms with van der Waals surface area (Å²) in [5.41, 5.74) is -0.992. The van der Waals surface area contributed by atoms with Crippen molar-refractivity contribution in [1.29, 1.82) is 0 Å². The minimum atomic E-state index is -1.54. The van der Waals surface area contributed by atoms with E-state index >= 15 is 0 Å². The fraction of sp³-hybridized carbons (Fsp3) is 1.00. The first-order chi connectivity index (χ1) is 8.76. The van der Waals surface area contributed by atoms with Crippen molar-refractivity contribution >= 4 is 8.07 Å². The minimum Gasteiger partial charge on any atom is -0.385 e. The summed E-state index contributed by atoms with van der Waals surface area (Å²) in [7, 11) is -1.54. The molecule has 0 saturated carbocycles. The maximum absolute atomic E-state index is 10.9. The zero-order valence-corrected chi connectivity index (χ0v) is 15.1. The van der Waals surface area contributed by atoms with Crippen molar-refractivity contribution in [3.05, 3.63) is 0 Å². The second-order valence-corrected chi connectivity index (χ2v) is 14.3. The summed E-state index contributed by atoms with van der Waals surface area (Å²) >= 11 is 0. The molecule has 4 atom stereocenters. The second kappa shape index (κ2) is 4.52. The van der Waals surface area contributed by atoms with Gasteiger partial charge in [0.2, 0.25) is 0 Å². The van der Waals surface area contributed by atoms with Gasteiger partial charge in [-0.2, -0.15) is 0 Å². The van der Waals surface area contributed by atoms with E-state index < -0.39 is 31.9 Å². The number of rotatable bonds is 2. The highest BCUT2D eigenvalue weighted by atomic mass is 28.3. The van der Waals surface area contributed by atoms with Crippen LogP contribution >= 0.6 is 0 Å². The molecule has 0 aliphatic carbocycles. The summed E-state index contributed by atoms with van der Waals surface area (Å²) in [6.07, 6.45) is -1.06. The average molecular weight is 302 g/mol. The predicted molar refractivity (Wildman–Crippen MR) is 81.3 cm³/mol. The standard InChI is InChI=1S/C15H30O4Si/c1-13(2,3)20(7,8)9-10-15(6,16)11-12(17-10)19-14(4,5)18-11/h10-12,16H,9H2,1-8H3/t10-,11+,12-,15+/m1/s1. The van der Waals surface area contributed by atoms with Crippen LogP contribution in [-0.2, 0) is 14.2 Å². The molecule has 20 heavy (non-hydrogen) atoms. The summed E-state index contributed by atoms with van der Waals surface area (Å²) in [5, 5.41) is 11.1. The highest BCUT2D eigenvalue weighted by Gasteiger charge is 2.61. The Morgan fingerprint density at radius 1 is 1.10 bits per heavy atom. The van der Waals surface area contributed by atoms with Gasteiger partial charge < -0.3 is 19.3 Å². The Bertz CT molecular complexity index is 384. The normalized spacial score (nSPS) is 41.0.